The highest BCUT2D eigenvalue weighted by Crippen LogP contribution is 2.32. The Hall–Kier alpha value is -3.15. The second kappa shape index (κ2) is 6.78. The lowest BCUT2D eigenvalue weighted by atomic mass is 10.1. The minimum atomic E-state index is 0.508. The number of para-hydroxylation sites is 1. The van der Waals surface area contributed by atoms with E-state index in [1.807, 2.05) is 48.5 Å². The molecule has 28 heavy (non-hydrogen) atoms. The van der Waals surface area contributed by atoms with Gasteiger partial charge in [0.2, 0.25) is 0 Å². The van der Waals surface area contributed by atoms with Crippen molar-refractivity contribution >= 4 is 56.5 Å². The molecular formula is C21H13Cl2N5. The van der Waals surface area contributed by atoms with Crippen molar-refractivity contribution in [1.29, 1.82) is 0 Å². The molecule has 0 radical (unpaired) electrons. The van der Waals surface area contributed by atoms with E-state index in [1.165, 1.54) is 0 Å². The van der Waals surface area contributed by atoms with Crippen molar-refractivity contribution in [2.45, 2.75) is 0 Å². The summed E-state index contributed by atoms with van der Waals surface area (Å²) < 4.78 is 0. The van der Waals surface area contributed by atoms with Crippen LogP contribution in [-0.2, 0) is 0 Å². The Labute approximate surface area is 170 Å². The standard InChI is InChI=1S/C21H13Cl2N5/c22-13-5-7-15(17(23)10-13)20-26-19-4-2-1-3-16(19)21(27-20)25-14-6-8-18-12(9-14)11-24-28-18/h1-11H,(H,24,28)(H,25,26,27). The first-order chi connectivity index (χ1) is 13.7. The molecule has 5 aromatic rings. The van der Waals surface area contributed by atoms with Gasteiger partial charge in [0.1, 0.15) is 5.82 Å². The quantitative estimate of drug-likeness (QED) is 0.373. The minimum Gasteiger partial charge on any atom is -0.340 e. The molecule has 0 saturated heterocycles. The van der Waals surface area contributed by atoms with Gasteiger partial charge < -0.3 is 5.32 Å². The van der Waals surface area contributed by atoms with E-state index >= 15 is 0 Å². The van der Waals surface area contributed by atoms with Crippen LogP contribution in [0.2, 0.25) is 10.0 Å². The van der Waals surface area contributed by atoms with Gasteiger partial charge >= 0.3 is 0 Å². The summed E-state index contributed by atoms with van der Waals surface area (Å²) in [7, 11) is 0. The number of hydrogen-bond donors (Lipinski definition) is 2. The minimum absolute atomic E-state index is 0.508. The molecule has 0 unspecified atom stereocenters. The van der Waals surface area contributed by atoms with Gasteiger partial charge in [0.15, 0.2) is 5.82 Å². The van der Waals surface area contributed by atoms with Gasteiger partial charge in [-0.2, -0.15) is 5.10 Å². The molecule has 0 aliphatic carbocycles. The molecule has 0 atom stereocenters. The lowest BCUT2D eigenvalue weighted by Crippen LogP contribution is -1.99. The molecule has 0 fully saturated rings. The Morgan fingerprint density at radius 1 is 0.893 bits per heavy atom. The average Bonchev–Trinajstić information content (AvgIpc) is 3.16. The first-order valence-corrected chi connectivity index (χ1v) is 9.35. The zero-order valence-corrected chi connectivity index (χ0v) is 16.0. The van der Waals surface area contributed by atoms with Crippen LogP contribution in [-0.4, -0.2) is 20.2 Å². The van der Waals surface area contributed by atoms with Crippen molar-refractivity contribution in [3.63, 3.8) is 0 Å². The van der Waals surface area contributed by atoms with Gasteiger partial charge in [-0.3, -0.25) is 5.10 Å². The molecule has 7 heteroatoms. The molecule has 0 amide bonds. The molecule has 5 nitrogen and oxygen atoms in total. The molecule has 2 N–H and O–H groups in total. The van der Waals surface area contributed by atoms with Crippen molar-refractivity contribution in [3.8, 4) is 11.4 Å². The van der Waals surface area contributed by atoms with Crippen molar-refractivity contribution in [2.75, 3.05) is 5.32 Å². The summed E-state index contributed by atoms with van der Waals surface area (Å²) in [5.74, 6) is 1.24. The van der Waals surface area contributed by atoms with Crippen LogP contribution in [0.3, 0.4) is 0 Å². The lowest BCUT2D eigenvalue weighted by molar-refractivity contribution is 1.12. The number of nitrogens with one attached hydrogen (secondary N) is 2. The number of fused-ring (bicyclic) bond motifs is 2. The highest BCUT2D eigenvalue weighted by atomic mass is 35.5. The summed E-state index contributed by atoms with van der Waals surface area (Å²) in [6.07, 6.45) is 1.79. The second-order valence-corrected chi connectivity index (χ2v) is 7.18. The molecule has 2 heterocycles. The largest absolute Gasteiger partial charge is 0.340 e. The van der Waals surface area contributed by atoms with Gasteiger partial charge in [0.25, 0.3) is 0 Å². The number of aromatic amines is 1. The molecule has 0 aliphatic rings. The van der Waals surface area contributed by atoms with E-state index in [1.54, 1.807) is 18.3 Å². The molecule has 0 spiro atoms. The Bertz CT molecular complexity index is 1330. The molecule has 2 aromatic heterocycles. The fourth-order valence-corrected chi connectivity index (χ4v) is 3.61. The maximum atomic E-state index is 6.39. The van der Waals surface area contributed by atoms with Gasteiger partial charge in [0, 0.05) is 27.0 Å². The summed E-state index contributed by atoms with van der Waals surface area (Å²) in [5.41, 5.74) is 3.44. The van der Waals surface area contributed by atoms with E-state index in [2.05, 4.69) is 20.5 Å². The van der Waals surface area contributed by atoms with E-state index in [9.17, 15) is 0 Å². The van der Waals surface area contributed by atoms with Crippen molar-refractivity contribution < 1.29 is 0 Å². The van der Waals surface area contributed by atoms with Gasteiger partial charge in [-0.1, -0.05) is 35.3 Å². The first-order valence-electron chi connectivity index (χ1n) is 8.60. The maximum Gasteiger partial charge on any atom is 0.163 e. The van der Waals surface area contributed by atoms with Crippen molar-refractivity contribution in [2.24, 2.45) is 0 Å². The van der Waals surface area contributed by atoms with E-state index in [-0.39, 0.29) is 0 Å². The molecule has 0 saturated carbocycles. The third-order valence-corrected chi connectivity index (χ3v) is 5.03. The van der Waals surface area contributed by atoms with Crippen LogP contribution in [0.25, 0.3) is 33.2 Å². The zero-order valence-electron chi connectivity index (χ0n) is 14.4. The fourth-order valence-electron chi connectivity index (χ4n) is 3.12. The summed E-state index contributed by atoms with van der Waals surface area (Å²) in [6.45, 7) is 0. The average molecular weight is 406 g/mol. The molecule has 0 aliphatic heterocycles. The predicted molar refractivity (Wildman–Crippen MR) is 114 cm³/mol. The van der Waals surface area contributed by atoms with E-state index < -0.39 is 0 Å². The van der Waals surface area contributed by atoms with Gasteiger partial charge in [-0.15, -0.1) is 0 Å². The number of benzene rings is 3. The Morgan fingerprint density at radius 2 is 1.79 bits per heavy atom. The molecule has 3 aromatic carbocycles. The number of H-pyrrole nitrogens is 1. The third kappa shape index (κ3) is 3.05. The number of anilines is 2. The monoisotopic (exact) mass is 405 g/mol. The van der Waals surface area contributed by atoms with E-state index in [4.69, 9.17) is 28.2 Å². The number of hydrogen-bond acceptors (Lipinski definition) is 4. The highest BCUT2D eigenvalue weighted by molar-refractivity contribution is 6.36. The van der Waals surface area contributed by atoms with Crippen LogP contribution in [0.15, 0.2) is 66.9 Å². The van der Waals surface area contributed by atoms with Crippen LogP contribution in [0, 0.1) is 0 Å². The SMILES string of the molecule is Clc1ccc(-c2nc(Nc3ccc4[nH]ncc4c3)c3ccccc3n2)c(Cl)c1. The Balaban J connectivity index is 1.66. The summed E-state index contributed by atoms with van der Waals surface area (Å²) in [6, 6.07) is 19.1. The number of halogens is 2. The third-order valence-electron chi connectivity index (χ3n) is 4.48. The molecular weight excluding hydrogens is 393 g/mol. The van der Waals surface area contributed by atoms with Gasteiger partial charge in [-0.25, -0.2) is 9.97 Å². The fraction of sp³-hybridized carbons (Fsp3) is 0. The Kier molecular flexibility index (Phi) is 4.11. The maximum absolute atomic E-state index is 6.39. The number of nitrogens with zero attached hydrogens (tertiary/aromatic N) is 3. The summed E-state index contributed by atoms with van der Waals surface area (Å²) in [5, 5.41) is 13.4. The van der Waals surface area contributed by atoms with Crippen LogP contribution in [0.5, 0.6) is 0 Å². The normalized spacial score (nSPS) is 11.2. The number of aromatic nitrogens is 4. The lowest BCUT2D eigenvalue weighted by Gasteiger charge is -2.12. The van der Waals surface area contributed by atoms with Crippen molar-refractivity contribution in [3.05, 3.63) is 76.9 Å². The zero-order chi connectivity index (χ0) is 19.1. The first kappa shape index (κ1) is 17.0. The summed E-state index contributed by atoms with van der Waals surface area (Å²) in [4.78, 5) is 9.44. The molecule has 136 valence electrons. The predicted octanol–water partition coefficient (Wildman–Crippen LogP) is 6.22. The van der Waals surface area contributed by atoms with Crippen LogP contribution >= 0.6 is 23.2 Å². The topological polar surface area (TPSA) is 66.5 Å². The van der Waals surface area contributed by atoms with Crippen LogP contribution in [0.1, 0.15) is 0 Å². The van der Waals surface area contributed by atoms with Crippen molar-refractivity contribution in [1.82, 2.24) is 20.2 Å². The Morgan fingerprint density at radius 3 is 2.68 bits per heavy atom. The summed E-state index contributed by atoms with van der Waals surface area (Å²) >= 11 is 12.4. The van der Waals surface area contributed by atoms with E-state index in [0.717, 1.165) is 33.1 Å². The number of rotatable bonds is 3. The molecule has 5 rings (SSSR count). The van der Waals surface area contributed by atoms with Crippen LogP contribution in [0.4, 0.5) is 11.5 Å². The molecule has 0 bridgehead atoms. The highest BCUT2D eigenvalue weighted by Gasteiger charge is 2.13. The van der Waals surface area contributed by atoms with E-state index in [0.29, 0.717) is 21.7 Å². The van der Waals surface area contributed by atoms with Crippen LogP contribution < -0.4 is 5.32 Å². The van der Waals surface area contributed by atoms with Gasteiger partial charge in [-0.05, 0) is 48.5 Å². The van der Waals surface area contributed by atoms with Gasteiger partial charge in [0.05, 0.1) is 22.3 Å². The second-order valence-electron chi connectivity index (χ2n) is 6.33. The smallest absolute Gasteiger partial charge is 0.163 e.